The van der Waals surface area contributed by atoms with Gasteiger partial charge in [0, 0.05) is 5.38 Å². The molecule has 20 heavy (non-hydrogen) atoms. The molecule has 106 valence electrons. The van der Waals surface area contributed by atoms with E-state index in [9.17, 15) is 4.79 Å². The van der Waals surface area contributed by atoms with Gasteiger partial charge in [-0.3, -0.25) is 4.79 Å². The van der Waals surface area contributed by atoms with Crippen molar-refractivity contribution in [1.82, 2.24) is 4.98 Å². The Labute approximate surface area is 122 Å². The molecule has 0 saturated heterocycles. The van der Waals surface area contributed by atoms with Crippen LogP contribution in [0.1, 0.15) is 21.8 Å². The second-order valence-electron chi connectivity index (χ2n) is 4.54. The van der Waals surface area contributed by atoms with Crippen LogP contribution in [-0.2, 0) is 22.6 Å². The number of carbonyl (C=O) groups excluding carboxylic acids is 1. The van der Waals surface area contributed by atoms with Crippen molar-refractivity contribution in [1.29, 1.82) is 0 Å². The molecule has 0 N–H and O–H groups in total. The number of aryl methyl sites for hydroxylation is 2. The van der Waals surface area contributed by atoms with E-state index in [2.05, 4.69) is 15.8 Å². The second-order valence-corrected chi connectivity index (χ2v) is 5.49. The number of aromatic nitrogens is 1. The molecule has 0 spiro atoms. The molecular formula is C15H17NO3S. The molecule has 2 aromatic rings. The highest BCUT2D eigenvalue weighted by molar-refractivity contribution is 7.09. The zero-order valence-corrected chi connectivity index (χ0v) is 12.6. The maximum atomic E-state index is 11.2. The topological polar surface area (TPSA) is 48.4 Å². The summed E-state index contributed by atoms with van der Waals surface area (Å²) >= 11 is 1.49. The number of methoxy groups -OCH3 is 1. The summed E-state index contributed by atoms with van der Waals surface area (Å²) in [5.74, 6) is 0.590. The smallest absolute Gasteiger partial charge is 0.311 e. The van der Waals surface area contributed by atoms with Gasteiger partial charge in [0.2, 0.25) is 0 Å². The molecule has 1 aromatic heterocycles. The van der Waals surface area contributed by atoms with Crippen LogP contribution in [0.4, 0.5) is 0 Å². The zero-order valence-electron chi connectivity index (χ0n) is 11.8. The Morgan fingerprint density at radius 2 is 2.15 bits per heavy atom. The minimum atomic E-state index is -0.280. The molecule has 0 radical (unpaired) electrons. The normalized spacial score (nSPS) is 10.3. The molecule has 0 fully saturated rings. The number of benzene rings is 1. The third kappa shape index (κ3) is 3.81. The fourth-order valence-corrected chi connectivity index (χ4v) is 2.42. The van der Waals surface area contributed by atoms with Gasteiger partial charge >= 0.3 is 5.97 Å². The largest absolute Gasteiger partial charge is 0.486 e. The second kappa shape index (κ2) is 6.52. The van der Waals surface area contributed by atoms with Crippen LogP contribution in [0.3, 0.4) is 0 Å². The summed E-state index contributed by atoms with van der Waals surface area (Å²) in [6.45, 7) is 4.46. The van der Waals surface area contributed by atoms with E-state index in [0.717, 1.165) is 27.6 Å². The maximum absolute atomic E-state index is 11.2. The number of ether oxygens (including phenoxy) is 2. The number of hydrogen-bond donors (Lipinski definition) is 0. The molecule has 0 bridgehead atoms. The van der Waals surface area contributed by atoms with Crippen molar-refractivity contribution in [2.75, 3.05) is 7.11 Å². The van der Waals surface area contributed by atoms with Crippen molar-refractivity contribution in [3.8, 4) is 5.75 Å². The van der Waals surface area contributed by atoms with Gasteiger partial charge < -0.3 is 9.47 Å². The lowest BCUT2D eigenvalue weighted by atomic mass is 10.1. The molecule has 0 amide bonds. The van der Waals surface area contributed by atoms with Crippen LogP contribution in [0.5, 0.6) is 5.75 Å². The summed E-state index contributed by atoms with van der Waals surface area (Å²) in [6, 6.07) is 6.10. The van der Waals surface area contributed by atoms with E-state index in [1.54, 1.807) is 0 Å². The van der Waals surface area contributed by atoms with Gasteiger partial charge in [-0.05, 0) is 31.0 Å². The summed E-state index contributed by atoms with van der Waals surface area (Å²) < 4.78 is 10.4. The summed E-state index contributed by atoms with van der Waals surface area (Å²) in [4.78, 5) is 15.5. The predicted octanol–water partition coefficient (Wildman–Crippen LogP) is 3.05. The van der Waals surface area contributed by atoms with Gasteiger partial charge in [-0.15, -0.1) is 11.3 Å². The Balaban J connectivity index is 1.97. The molecule has 2 rings (SSSR count). The van der Waals surface area contributed by atoms with Crippen molar-refractivity contribution < 1.29 is 14.3 Å². The first kappa shape index (κ1) is 14.5. The quantitative estimate of drug-likeness (QED) is 0.794. The monoisotopic (exact) mass is 291 g/mol. The molecule has 1 heterocycles. The maximum Gasteiger partial charge on any atom is 0.311 e. The van der Waals surface area contributed by atoms with E-state index >= 15 is 0 Å². The lowest BCUT2D eigenvalue weighted by Crippen LogP contribution is -2.05. The first-order valence-corrected chi connectivity index (χ1v) is 7.16. The average molecular weight is 291 g/mol. The molecule has 1 aromatic carbocycles. The number of esters is 1. The van der Waals surface area contributed by atoms with Gasteiger partial charge in [-0.25, -0.2) is 4.98 Å². The van der Waals surface area contributed by atoms with Crippen LogP contribution in [0, 0.1) is 13.8 Å². The highest BCUT2D eigenvalue weighted by Gasteiger charge is 2.08. The molecule has 0 aliphatic heterocycles. The third-order valence-corrected chi connectivity index (χ3v) is 3.72. The summed E-state index contributed by atoms with van der Waals surface area (Å²) in [5.41, 5.74) is 2.99. The van der Waals surface area contributed by atoms with E-state index in [1.807, 2.05) is 31.4 Å². The van der Waals surface area contributed by atoms with E-state index in [0.29, 0.717) is 6.61 Å². The van der Waals surface area contributed by atoms with Gasteiger partial charge in [-0.2, -0.15) is 0 Å². The molecule has 0 aliphatic carbocycles. The van der Waals surface area contributed by atoms with Crippen LogP contribution < -0.4 is 4.74 Å². The molecule has 4 nitrogen and oxygen atoms in total. The van der Waals surface area contributed by atoms with E-state index in [1.165, 1.54) is 18.4 Å². The lowest BCUT2D eigenvalue weighted by Gasteiger charge is -2.08. The molecule has 0 saturated carbocycles. The zero-order chi connectivity index (χ0) is 14.5. The van der Waals surface area contributed by atoms with E-state index in [-0.39, 0.29) is 12.4 Å². The number of rotatable bonds is 5. The fraction of sp³-hybridized carbons (Fsp3) is 0.333. The molecule has 0 atom stereocenters. The van der Waals surface area contributed by atoms with Crippen LogP contribution in [-0.4, -0.2) is 18.1 Å². The van der Waals surface area contributed by atoms with Crippen molar-refractivity contribution >= 4 is 17.3 Å². The van der Waals surface area contributed by atoms with Crippen molar-refractivity contribution in [3.05, 3.63) is 45.4 Å². The molecule has 5 heteroatoms. The van der Waals surface area contributed by atoms with Gasteiger partial charge in [-0.1, -0.05) is 12.1 Å². The van der Waals surface area contributed by atoms with Crippen molar-refractivity contribution in [3.63, 3.8) is 0 Å². The highest BCUT2D eigenvalue weighted by atomic mass is 32.1. The number of thiazole rings is 1. The lowest BCUT2D eigenvalue weighted by molar-refractivity contribution is -0.139. The summed E-state index contributed by atoms with van der Waals surface area (Å²) in [5, 5.41) is 2.71. The standard InChI is InChI=1S/C15H17NO3S/c1-10-4-5-11(2)13(6-10)19-8-14-16-12(9-20-14)7-15(17)18-3/h4-6,9H,7-8H2,1-3H3. The SMILES string of the molecule is COC(=O)Cc1csc(COc2cc(C)ccc2C)n1. The predicted molar refractivity (Wildman–Crippen MR) is 78.1 cm³/mol. The fourth-order valence-electron chi connectivity index (χ4n) is 1.72. The average Bonchev–Trinajstić information content (AvgIpc) is 2.87. The van der Waals surface area contributed by atoms with Crippen LogP contribution in [0.2, 0.25) is 0 Å². The van der Waals surface area contributed by atoms with Gasteiger partial charge in [0.1, 0.15) is 17.4 Å². The van der Waals surface area contributed by atoms with E-state index in [4.69, 9.17) is 4.74 Å². The van der Waals surface area contributed by atoms with Gasteiger partial charge in [0.15, 0.2) is 0 Å². The Kier molecular flexibility index (Phi) is 4.74. The van der Waals surface area contributed by atoms with Crippen molar-refractivity contribution in [2.45, 2.75) is 26.9 Å². The van der Waals surface area contributed by atoms with Crippen LogP contribution in [0.15, 0.2) is 23.6 Å². The minimum Gasteiger partial charge on any atom is -0.486 e. The van der Waals surface area contributed by atoms with Gasteiger partial charge in [0.25, 0.3) is 0 Å². The first-order chi connectivity index (χ1) is 9.58. The summed E-state index contributed by atoms with van der Waals surface area (Å²) in [6.07, 6.45) is 0.205. The Morgan fingerprint density at radius 1 is 1.35 bits per heavy atom. The van der Waals surface area contributed by atoms with Gasteiger partial charge in [0.05, 0.1) is 19.2 Å². The molecule has 0 aliphatic rings. The first-order valence-electron chi connectivity index (χ1n) is 6.28. The molecular weight excluding hydrogens is 274 g/mol. The number of hydrogen-bond acceptors (Lipinski definition) is 5. The van der Waals surface area contributed by atoms with Crippen LogP contribution in [0.25, 0.3) is 0 Å². The highest BCUT2D eigenvalue weighted by Crippen LogP contribution is 2.21. The Bertz CT molecular complexity index is 607. The molecule has 0 unspecified atom stereocenters. The Morgan fingerprint density at radius 3 is 2.90 bits per heavy atom. The minimum absolute atomic E-state index is 0.205. The van der Waals surface area contributed by atoms with E-state index < -0.39 is 0 Å². The number of carbonyl (C=O) groups is 1. The third-order valence-electron chi connectivity index (χ3n) is 2.85. The van der Waals surface area contributed by atoms with Crippen molar-refractivity contribution in [2.24, 2.45) is 0 Å². The van der Waals surface area contributed by atoms with Crippen LogP contribution >= 0.6 is 11.3 Å². The number of nitrogens with zero attached hydrogens (tertiary/aromatic N) is 1. The summed E-state index contributed by atoms with van der Waals surface area (Å²) in [7, 11) is 1.37. The Hall–Kier alpha value is -1.88.